The molecule has 1 heterocycles. The van der Waals surface area contributed by atoms with Gasteiger partial charge in [0, 0.05) is 10.7 Å². The normalized spacial score (nSPS) is 10.2. The zero-order valence-corrected chi connectivity index (χ0v) is 9.43. The summed E-state index contributed by atoms with van der Waals surface area (Å²) in [6, 6.07) is 6.85. The molecule has 2 rings (SSSR count). The average Bonchev–Trinajstić information content (AvgIpc) is 2.24. The summed E-state index contributed by atoms with van der Waals surface area (Å²) in [5, 5.41) is 3.28. The van der Waals surface area contributed by atoms with E-state index in [0.29, 0.717) is 10.7 Å². The van der Waals surface area contributed by atoms with Gasteiger partial charge in [-0.1, -0.05) is 17.7 Å². The van der Waals surface area contributed by atoms with Gasteiger partial charge in [-0.2, -0.15) is 4.98 Å². The third kappa shape index (κ3) is 2.59. The Hall–Kier alpha value is -1.39. The molecule has 1 aromatic heterocycles. The van der Waals surface area contributed by atoms with Crippen LogP contribution in [-0.2, 0) is 0 Å². The van der Waals surface area contributed by atoms with Crippen molar-refractivity contribution in [2.75, 3.05) is 5.32 Å². The van der Waals surface area contributed by atoms with Crippen LogP contribution in [0.1, 0.15) is 0 Å². The molecule has 0 saturated carbocycles. The molecule has 16 heavy (non-hydrogen) atoms. The number of halogens is 3. The Morgan fingerprint density at radius 2 is 2.06 bits per heavy atom. The molecule has 0 atom stereocenters. The topological polar surface area (TPSA) is 37.8 Å². The van der Waals surface area contributed by atoms with Crippen LogP contribution in [0.5, 0.6) is 0 Å². The van der Waals surface area contributed by atoms with E-state index >= 15 is 0 Å². The van der Waals surface area contributed by atoms with Crippen molar-refractivity contribution in [2.24, 2.45) is 0 Å². The van der Waals surface area contributed by atoms with E-state index in [1.807, 2.05) is 0 Å². The molecule has 0 aliphatic rings. The maximum absolute atomic E-state index is 13.3. The first-order valence-corrected chi connectivity index (χ1v) is 5.11. The Labute approximate surface area is 101 Å². The monoisotopic (exact) mass is 257 g/mol. The van der Waals surface area contributed by atoms with Gasteiger partial charge in [-0.15, -0.1) is 0 Å². The lowest BCUT2D eigenvalue weighted by molar-refractivity contribution is 0.619. The molecule has 82 valence electrons. The van der Waals surface area contributed by atoms with Crippen molar-refractivity contribution < 1.29 is 4.39 Å². The number of rotatable bonds is 2. The summed E-state index contributed by atoms with van der Waals surface area (Å²) < 4.78 is 13.3. The first kappa shape index (κ1) is 11.1. The van der Waals surface area contributed by atoms with Crippen LogP contribution >= 0.6 is 23.2 Å². The molecule has 0 fully saturated rings. The van der Waals surface area contributed by atoms with Crippen LogP contribution in [0.15, 0.2) is 30.5 Å². The highest BCUT2D eigenvalue weighted by Gasteiger charge is 2.06. The summed E-state index contributed by atoms with van der Waals surface area (Å²) in [6.45, 7) is 0. The van der Waals surface area contributed by atoms with Crippen molar-refractivity contribution in [3.63, 3.8) is 0 Å². The van der Waals surface area contributed by atoms with E-state index in [4.69, 9.17) is 23.2 Å². The Balaban J connectivity index is 2.30. The maximum atomic E-state index is 13.3. The molecule has 0 bridgehead atoms. The number of anilines is 2. The van der Waals surface area contributed by atoms with E-state index in [9.17, 15) is 4.39 Å². The number of benzene rings is 1. The van der Waals surface area contributed by atoms with Gasteiger partial charge in [-0.3, -0.25) is 0 Å². The average molecular weight is 258 g/mol. The summed E-state index contributed by atoms with van der Waals surface area (Å²) in [6.07, 6.45) is 1.00. The SMILES string of the molecule is Fc1cnc(Cl)nc1Nc1cccc(Cl)c1. The molecular weight excluding hydrogens is 252 g/mol. The fraction of sp³-hybridized carbons (Fsp3) is 0. The fourth-order valence-corrected chi connectivity index (χ4v) is 1.46. The Bertz CT molecular complexity index is 519. The lowest BCUT2D eigenvalue weighted by Gasteiger charge is -2.06. The fourth-order valence-electron chi connectivity index (χ4n) is 1.14. The Kier molecular flexibility index (Phi) is 3.22. The number of aromatic nitrogens is 2. The van der Waals surface area contributed by atoms with Crippen LogP contribution < -0.4 is 5.32 Å². The van der Waals surface area contributed by atoms with Gasteiger partial charge in [0.05, 0.1) is 6.20 Å². The van der Waals surface area contributed by atoms with Gasteiger partial charge >= 0.3 is 0 Å². The van der Waals surface area contributed by atoms with Gasteiger partial charge in [0.15, 0.2) is 11.6 Å². The number of nitrogens with one attached hydrogen (secondary N) is 1. The zero-order chi connectivity index (χ0) is 11.5. The quantitative estimate of drug-likeness (QED) is 0.835. The second-order valence-corrected chi connectivity index (χ2v) is 3.75. The van der Waals surface area contributed by atoms with E-state index in [0.717, 1.165) is 6.20 Å². The molecule has 2 aromatic rings. The smallest absolute Gasteiger partial charge is 0.224 e. The first-order valence-electron chi connectivity index (χ1n) is 4.36. The van der Waals surface area contributed by atoms with Crippen molar-refractivity contribution in [2.45, 2.75) is 0 Å². The zero-order valence-electron chi connectivity index (χ0n) is 7.92. The van der Waals surface area contributed by atoms with Gasteiger partial charge < -0.3 is 5.32 Å². The third-order valence-electron chi connectivity index (χ3n) is 1.80. The summed E-state index contributed by atoms with van der Waals surface area (Å²) in [5.74, 6) is -0.563. The number of hydrogen-bond donors (Lipinski definition) is 1. The molecule has 0 radical (unpaired) electrons. The van der Waals surface area contributed by atoms with Crippen molar-refractivity contribution in [1.29, 1.82) is 0 Å². The molecular formula is C10H6Cl2FN3. The first-order chi connectivity index (χ1) is 7.65. The minimum Gasteiger partial charge on any atom is -0.338 e. The van der Waals surface area contributed by atoms with Crippen molar-refractivity contribution in [1.82, 2.24) is 9.97 Å². The standard InChI is InChI=1S/C10H6Cl2FN3/c11-6-2-1-3-7(4-6)15-9-8(13)5-14-10(12)16-9/h1-5H,(H,14,15,16). The van der Waals surface area contributed by atoms with Gasteiger partial charge in [0.1, 0.15) is 0 Å². The lowest BCUT2D eigenvalue weighted by Crippen LogP contribution is -1.98. The van der Waals surface area contributed by atoms with E-state index in [1.54, 1.807) is 24.3 Å². The predicted molar refractivity (Wildman–Crippen MR) is 61.7 cm³/mol. The Morgan fingerprint density at radius 3 is 2.81 bits per heavy atom. The highest BCUT2D eigenvalue weighted by atomic mass is 35.5. The minimum atomic E-state index is -0.579. The van der Waals surface area contributed by atoms with E-state index in [1.165, 1.54) is 0 Å². The third-order valence-corrected chi connectivity index (χ3v) is 2.22. The summed E-state index contributed by atoms with van der Waals surface area (Å²) in [4.78, 5) is 7.23. The predicted octanol–water partition coefficient (Wildman–Crippen LogP) is 3.67. The second-order valence-electron chi connectivity index (χ2n) is 2.97. The molecule has 0 unspecified atom stereocenters. The number of nitrogens with zero attached hydrogens (tertiary/aromatic N) is 2. The summed E-state index contributed by atoms with van der Waals surface area (Å²) in [5.41, 5.74) is 0.626. The van der Waals surface area contributed by atoms with Gasteiger partial charge in [-0.25, -0.2) is 9.37 Å². The number of hydrogen-bond acceptors (Lipinski definition) is 3. The van der Waals surface area contributed by atoms with Crippen LogP contribution in [0.3, 0.4) is 0 Å². The van der Waals surface area contributed by atoms with Gasteiger partial charge in [-0.05, 0) is 29.8 Å². The van der Waals surface area contributed by atoms with E-state index in [2.05, 4.69) is 15.3 Å². The lowest BCUT2D eigenvalue weighted by atomic mass is 10.3. The molecule has 1 N–H and O–H groups in total. The van der Waals surface area contributed by atoms with Crippen LogP contribution in [-0.4, -0.2) is 9.97 Å². The van der Waals surface area contributed by atoms with Gasteiger partial charge in [0.25, 0.3) is 0 Å². The minimum absolute atomic E-state index is 0.0160. The molecule has 1 aromatic carbocycles. The van der Waals surface area contributed by atoms with E-state index in [-0.39, 0.29) is 11.1 Å². The van der Waals surface area contributed by atoms with Gasteiger partial charge in [0.2, 0.25) is 5.28 Å². The largest absolute Gasteiger partial charge is 0.338 e. The van der Waals surface area contributed by atoms with Crippen molar-refractivity contribution in [3.8, 4) is 0 Å². The van der Waals surface area contributed by atoms with E-state index < -0.39 is 5.82 Å². The molecule has 6 heteroatoms. The van der Waals surface area contributed by atoms with Crippen LogP contribution in [0.25, 0.3) is 0 Å². The molecule has 0 aliphatic heterocycles. The van der Waals surface area contributed by atoms with Crippen molar-refractivity contribution >= 4 is 34.7 Å². The van der Waals surface area contributed by atoms with Crippen LogP contribution in [0.2, 0.25) is 10.3 Å². The van der Waals surface area contributed by atoms with Crippen molar-refractivity contribution in [3.05, 3.63) is 46.6 Å². The maximum Gasteiger partial charge on any atom is 0.224 e. The van der Waals surface area contributed by atoms with Crippen LogP contribution in [0.4, 0.5) is 15.9 Å². The van der Waals surface area contributed by atoms with Crippen LogP contribution in [0, 0.1) is 5.82 Å². The molecule has 0 saturated heterocycles. The highest BCUT2D eigenvalue weighted by molar-refractivity contribution is 6.30. The Morgan fingerprint density at radius 1 is 1.25 bits per heavy atom. The molecule has 0 spiro atoms. The highest BCUT2D eigenvalue weighted by Crippen LogP contribution is 2.21. The summed E-state index contributed by atoms with van der Waals surface area (Å²) >= 11 is 11.3. The molecule has 0 aliphatic carbocycles. The second kappa shape index (κ2) is 4.63. The molecule has 3 nitrogen and oxygen atoms in total. The molecule has 0 amide bonds. The summed E-state index contributed by atoms with van der Waals surface area (Å²) in [7, 11) is 0.